The molecule has 0 unspecified atom stereocenters. The smallest absolute Gasteiger partial charge is 0.293 e. The third kappa shape index (κ3) is 2.28. The maximum atomic E-state index is 12.2. The first-order valence-electron chi connectivity index (χ1n) is 7.11. The lowest BCUT2D eigenvalue weighted by atomic mass is 10.0. The summed E-state index contributed by atoms with van der Waals surface area (Å²) in [5.74, 6) is 1.07. The molecule has 1 aliphatic carbocycles. The van der Waals surface area contributed by atoms with Crippen molar-refractivity contribution >= 4 is 5.82 Å². The Morgan fingerprint density at radius 1 is 1.32 bits per heavy atom. The Balaban J connectivity index is 2.06. The molecule has 4 nitrogen and oxygen atoms in total. The van der Waals surface area contributed by atoms with Gasteiger partial charge in [0.25, 0.3) is 5.56 Å². The van der Waals surface area contributed by atoms with Gasteiger partial charge in [-0.2, -0.15) is 0 Å². The predicted octanol–water partition coefficient (Wildman–Crippen LogP) is 2.75. The summed E-state index contributed by atoms with van der Waals surface area (Å²) >= 11 is 0. The van der Waals surface area contributed by atoms with Crippen LogP contribution in [0.25, 0.3) is 0 Å². The van der Waals surface area contributed by atoms with Crippen molar-refractivity contribution in [2.24, 2.45) is 16.7 Å². The maximum absolute atomic E-state index is 12.2. The van der Waals surface area contributed by atoms with Gasteiger partial charge in [-0.1, -0.05) is 34.6 Å². The molecular weight excluding hydrogens is 238 g/mol. The van der Waals surface area contributed by atoms with E-state index in [9.17, 15) is 4.79 Å². The highest BCUT2D eigenvalue weighted by atomic mass is 16.1. The Bertz CT molecular complexity index is 502. The van der Waals surface area contributed by atoms with Gasteiger partial charge in [-0.25, -0.2) is 4.98 Å². The molecule has 1 N–H and O–H groups in total. The summed E-state index contributed by atoms with van der Waals surface area (Å²) in [5, 5.41) is 3.24. The molecule has 0 bridgehead atoms. The molecule has 1 saturated carbocycles. The van der Waals surface area contributed by atoms with Crippen molar-refractivity contribution in [3.05, 3.63) is 22.7 Å². The van der Waals surface area contributed by atoms with Gasteiger partial charge >= 0.3 is 0 Å². The SMILES string of the molecule is CCCn1ccnc(NCC2C(C)(C)C2(C)C)c1=O. The first-order valence-corrected chi connectivity index (χ1v) is 7.11. The van der Waals surface area contributed by atoms with Crippen LogP contribution in [0.4, 0.5) is 5.82 Å². The van der Waals surface area contributed by atoms with Gasteiger partial charge in [-0.05, 0) is 23.2 Å². The fourth-order valence-corrected chi connectivity index (χ4v) is 3.03. The van der Waals surface area contributed by atoms with Crippen LogP contribution in [0.2, 0.25) is 0 Å². The minimum absolute atomic E-state index is 0.0133. The summed E-state index contributed by atoms with van der Waals surface area (Å²) in [5.41, 5.74) is 0.648. The fourth-order valence-electron chi connectivity index (χ4n) is 3.03. The zero-order valence-electron chi connectivity index (χ0n) is 12.7. The number of hydrogen-bond donors (Lipinski definition) is 1. The van der Waals surface area contributed by atoms with Crippen LogP contribution >= 0.6 is 0 Å². The summed E-state index contributed by atoms with van der Waals surface area (Å²) in [6.45, 7) is 12.8. The Kier molecular flexibility index (Phi) is 3.45. The highest BCUT2D eigenvalue weighted by Gasteiger charge is 2.64. The lowest BCUT2D eigenvalue weighted by molar-refractivity contribution is 0.457. The summed E-state index contributed by atoms with van der Waals surface area (Å²) in [6, 6.07) is 0. The van der Waals surface area contributed by atoms with Crippen molar-refractivity contribution in [2.75, 3.05) is 11.9 Å². The molecule has 2 rings (SSSR count). The van der Waals surface area contributed by atoms with Gasteiger partial charge in [0, 0.05) is 25.5 Å². The summed E-state index contributed by atoms with van der Waals surface area (Å²) in [6.07, 6.45) is 4.40. The third-order valence-electron chi connectivity index (χ3n) is 5.17. The molecule has 0 radical (unpaired) electrons. The molecule has 1 fully saturated rings. The average Bonchev–Trinajstić information content (AvgIpc) is 2.72. The zero-order valence-corrected chi connectivity index (χ0v) is 12.7. The molecule has 0 saturated heterocycles. The van der Waals surface area contributed by atoms with Gasteiger partial charge in [0.15, 0.2) is 5.82 Å². The van der Waals surface area contributed by atoms with Crippen LogP contribution in [0.15, 0.2) is 17.2 Å². The fraction of sp³-hybridized carbons (Fsp3) is 0.733. The predicted molar refractivity (Wildman–Crippen MR) is 78.3 cm³/mol. The molecule has 0 aliphatic heterocycles. The van der Waals surface area contributed by atoms with Crippen LogP contribution in [0.1, 0.15) is 41.0 Å². The Labute approximate surface area is 115 Å². The van der Waals surface area contributed by atoms with E-state index in [2.05, 4.69) is 44.9 Å². The largest absolute Gasteiger partial charge is 0.365 e. The maximum Gasteiger partial charge on any atom is 0.293 e. The molecular formula is C15H25N3O. The molecule has 106 valence electrons. The van der Waals surface area contributed by atoms with Crippen molar-refractivity contribution in [3.63, 3.8) is 0 Å². The number of aryl methyl sites for hydroxylation is 1. The molecule has 1 aromatic rings. The topological polar surface area (TPSA) is 46.9 Å². The molecule has 1 heterocycles. The van der Waals surface area contributed by atoms with E-state index in [0.29, 0.717) is 22.6 Å². The number of rotatable bonds is 5. The second-order valence-electron chi connectivity index (χ2n) is 6.65. The standard InChI is InChI=1S/C15H25N3O/c1-6-8-18-9-7-16-12(13(18)19)17-10-11-14(2,3)15(11,4)5/h7,9,11H,6,8,10H2,1-5H3,(H,16,17). The van der Waals surface area contributed by atoms with E-state index in [1.807, 2.05) is 0 Å². The molecule has 0 atom stereocenters. The van der Waals surface area contributed by atoms with E-state index >= 15 is 0 Å². The van der Waals surface area contributed by atoms with Gasteiger partial charge in [-0.3, -0.25) is 4.79 Å². The van der Waals surface area contributed by atoms with E-state index in [4.69, 9.17) is 0 Å². The molecule has 19 heavy (non-hydrogen) atoms. The van der Waals surface area contributed by atoms with Gasteiger partial charge in [0.05, 0.1) is 0 Å². The first kappa shape index (κ1) is 14.1. The minimum atomic E-state index is -0.0133. The Morgan fingerprint density at radius 3 is 2.47 bits per heavy atom. The Hall–Kier alpha value is -1.32. The van der Waals surface area contributed by atoms with E-state index in [-0.39, 0.29) is 5.56 Å². The number of nitrogens with zero attached hydrogens (tertiary/aromatic N) is 2. The summed E-state index contributed by atoms with van der Waals surface area (Å²) in [4.78, 5) is 16.3. The molecule has 0 aromatic carbocycles. The van der Waals surface area contributed by atoms with Crippen molar-refractivity contribution in [1.82, 2.24) is 9.55 Å². The molecule has 0 amide bonds. The highest BCUT2D eigenvalue weighted by Crippen LogP contribution is 2.68. The lowest BCUT2D eigenvalue weighted by Crippen LogP contribution is -2.25. The number of hydrogen-bond acceptors (Lipinski definition) is 3. The van der Waals surface area contributed by atoms with Crippen LogP contribution in [0, 0.1) is 16.7 Å². The van der Waals surface area contributed by atoms with Crippen molar-refractivity contribution in [3.8, 4) is 0 Å². The van der Waals surface area contributed by atoms with E-state index in [1.165, 1.54) is 0 Å². The summed E-state index contributed by atoms with van der Waals surface area (Å²) in [7, 11) is 0. The first-order chi connectivity index (χ1) is 8.82. The number of aromatic nitrogens is 2. The van der Waals surface area contributed by atoms with E-state index in [1.54, 1.807) is 17.0 Å². The van der Waals surface area contributed by atoms with Crippen LogP contribution in [-0.4, -0.2) is 16.1 Å². The Morgan fingerprint density at radius 2 is 1.95 bits per heavy atom. The summed E-state index contributed by atoms with van der Waals surface area (Å²) < 4.78 is 1.72. The van der Waals surface area contributed by atoms with Crippen LogP contribution < -0.4 is 10.9 Å². The highest BCUT2D eigenvalue weighted by molar-refractivity contribution is 5.32. The average molecular weight is 263 g/mol. The van der Waals surface area contributed by atoms with E-state index in [0.717, 1.165) is 19.5 Å². The molecule has 0 spiro atoms. The van der Waals surface area contributed by atoms with Gasteiger partial charge in [0.2, 0.25) is 0 Å². The monoisotopic (exact) mass is 263 g/mol. The van der Waals surface area contributed by atoms with E-state index < -0.39 is 0 Å². The normalized spacial score (nSPS) is 20.3. The van der Waals surface area contributed by atoms with Gasteiger partial charge in [-0.15, -0.1) is 0 Å². The second-order valence-corrected chi connectivity index (χ2v) is 6.65. The minimum Gasteiger partial charge on any atom is -0.365 e. The molecule has 4 heteroatoms. The van der Waals surface area contributed by atoms with Crippen LogP contribution in [0.3, 0.4) is 0 Å². The second kappa shape index (κ2) is 4.66. The zero-order chi connectivity index (χ0) is 14.3. The van der Waals surface area contributed by atoms with Crippen molar-refractivity contribution in [2.45, 2.75) is 47.6 Å². The van der Waals surface area contributed by atoms with Crippen molar-refractivity contribution < 1.29 is 0 Å². The van der Waals surface area contributed by atoms with Gasteiger partial charge < -0.3 is 9.88 Å². The van der Waals surface area contributed by atoms with Gasteiger partial charge in [0.1, 0.15) is 0 Å². The quantitative estimate of drug-likeness (QED) is 0.888. The molecule has 1 aromatic heterocycles. The number of nitrogens with one attached hydrogen (secondary N) is 1. The van der Waals surface area contributed by atoms with Crippen molar-refractivity contribution in [1.29, 1.82) is 0 Å². The van der Waals surface area contributed by atoms with Crippen LogP contribution in [-0.2, 0) is 6.54 Å². The molecule has 1 aliphatic rings. The van der Waals surface area contributed by atoms with Crippen LogP contribution in [0.5, 0.6) is 0 Å². The third-order valence-corrected chi connectivity index (χ3v) is 5.17. The number of anilines is 1. The lowest BCUT2D eigenvalue weighted by Gasteiger charge is -2.09.